The molecule has 2 rings (SSSR count). The van der Waals surface area contributed by atoms with Gasteiger partial charge in [0.2, 0.25) is 0 Å². The lowest BCUT2D eigenvalue weighted by Crippen LogP contribution is -2.40. The molecule has 0 aliphatic carbocycles. The van der Waals surface area contributed by atoms with Crippen molar-refractivity contribution >= 4 is 5.91 Å². The number of ether oxygens (including phenoxy) is 1. The van der Waals surface area contributed by atoms with Gasteiger partial charge in [-0.25, -0.2) is 0 Å². The number of amides is 1. The van der Waals surface area contributed by atoms with Crippen molar-refractivity contribution < 1.29 is 13.9 Å². The SMILES string of the molecule is CCCN(C[C@H]1CCCCO1)C(=O)c1ccoc1. The Morgan fingerprint density at radius 1 is 1.50 bits per heavy atom. The van der Waals surface area contributed by atoms with Gasteiger partial charge in [-0.15, -0.1) is 0 Å². The van der Waals surface area contributed by atoms with Crippen LogP contribution in [0.25, 0.3) is 0 Å². The van der Waals surface area contributed by atoms with E-state index in [0.29, 0.717) is 12.1 Å². The molecule has 0 aromatic carbocycles. The number of hydrogen-bond donors (Lipinski definition) is 0. The molecule has 1 atom stereocenters. The number of carbonyl (C=O) groups excluding carboxylic acids is 1. The van der Waals surface area contributed by atoms with Crippen LogP contribution in [0.15, 0.2) is 23.0 Å². The van der Waals surface area contributed by atoms with Crippen LogP contribution in [0.4, 0.5) is 0 Å². The molecule has 1 aliphatic heterocycles. The molecule has 4 nitrogen and oxygen atoms in total. The predicted molar refractivity (Wildman–Crippen MR) is 68.5 cm³/mol. The monoisotopic (exact) mass is 251 g/mol. The van der Waals surface area contributed by atoms with Crippen molar-refractivity contribution in [3.63, 3.8) is 0 Å². The molecule has 0 N–H and O–H groups in total. The molecular formula is C14H21NO3. The number of furan rings is 1. The van der Waals surface area contributed by atoms with Gasteiger partial charge >= 0.3 is 0 Å². The second-order valence-electron chi connectivity index (χ2n) is 4.75. The number of hydrogen-bond acceptors (Lipinski definition) is 3. The smallest absolute Gasteiger partial charge is 0.257 e. The van der Waals surface area contributed by atoms with Gasteiger partial charge in [0.15, 0.2) is 0 Å². The highest BCUT2D eigenvalue weighted by molar-refractivity contribution is 5.93. The molecule has 0 unspecified atom stereocenters. The average molecular weight is 251 g/mol. The maximum Gasteiger partial charge on any atom is 0.257 e. The Bertz CT molecular complexity index is 355. The van der Waals surface area contributed by atoms with Gasteiger partial charge in [-0.3, -0.25) is 4.79 Å². The van der Waals surface area contributed by atoms with Crippen LogP contribution in [0.2, 0.25) is 0 Å². The highest BCUT2D eigenvalue weighted by Gasteiger charge is 2.22. The van der Waals surface area contributed by atoms with E-state index >= 15 is 0 Å². The van der Waals surface area contributed by atoms with Gasteiger partial charge in [-0.05, 0) is 31.7 Å². The molecule has 100 valence electrons. The maximum atomic E-state index is 12.3. The van der Waals surface area contributed by atoms with Gasteiger partial charge < -0.3 is 14.1 Å². The van der Waals surface area contributed by atoms with E-state index in [0.717, 1.165) is 32.4 Å². The van der Waals surface area contributed by atoms with Crippen molar-refractivity contribution in [2.24, 2.45) is 0 Å². The lowest BCUT2D eigenvalue weighted by molar-refractivity contribution is -0.00385. The summed E-state index contributed by atoms with van der Waals surface area (Å²) in [7, 11) is 0. The summed E-state index contributed by atoms with van der Waals surface area (Å²) in [6, 6.07) is 1.72. The standard InChI is InChI=1S/C14H21NO3/c1-2-7-15(10-13-5-3-4-8-18-13)14(16)12-6-9-17-11-12/h6,9,11,13H,2-5,7-8,10H2,1H3/t13-/m1/s1. The van der Waals surface area contributed by atoms with E-state index in [2.05, 4.69) is 6.92 Å². The zero-order valence-corrected chi connectivity index (χ0v) is 10.9. The van der Waals surface area contributed by atoms with Crippen LogP contribution in [0.3, 0.4) is 0 Å². The summed E-state index contributed by atoms with van der Waals surface area (Å²) in [6.07, 6.45) is 7.59. The number of carbonyl (C=O) groups is 1. The molecule has 0 saturated carbocycles. The van der Waals surface area contributed by atoms with Crippen LogP contribution in [0, 0.1) is 0 Å². The molecule has 1 aromatic heterocycles. The third-order valence-corrected chi connectivity index (χ3v) is 3.25. The van der Waals surface area contributed by atoms with Crippen LogP contribution in [0.5, 0.6) is 0 Å². The summed E-state index contributed by atoms with van der Waals surface area (Å²) in [6.45, 7) is 4.36. The zero-order chi connectivity index (χ0) is 12.8. The molecule has 0 bridgehead atoms. The maximum absolute atomic E-state index is 12.3. The van der Waals surface area contributed by atoms with E-state index in [4.69, 9.17) is 9.15 Å². The lowest BCUT2D eigenvalue weighted by Gasteiger charge is -2.29. The predicted octanol–water partition coefficient (Wildman–Crippen LogP) is 2.70. The zero-order valence-electron chi connectivity index (χ0n) is 10.9. The fourth-order valence-electron chi connectivity index (χ4n) is 2.31. The highest BCUT2D eigenvalue weighted by Crippen LogP contribution is 2.15. The fourth-order valence-corrected chi connectivity index (χ4v) is 2.31. The molecule has 1 saturated heterocycles. The molecule has 1 amide bonds. The van der Waals surface area contributed by atoms with Crippen molar-refractivity contribution in [3.05, 3.63) is 24.2 Å². The molecule has 4 heteroatoms. The summed E-state index contributed by atoms with van der Waals surface area (Å²) in [5.41, 5.74) is 0.624. The van der Waals surface area contributed by atoms with E-state index in [9.17, 15) is 4.79 Å². The van der Waals surface area contributed by atoms with Crippen LogP contribution < -0.4 is 0 Å². The van der Waals surface area contributed by atoms with E-state index < -0.39 is 0 Å². The van der Waals surface area contributed by atoms with Crippen molar-refractivity contribution in [1.82, 2.24) is 4.90 Å². The summed E-state index contributed by atoms with van der Waals surface area (Å²) >= 11 is 0. The minimum absolute atomic E-state index is 0.0415. The molecule has 18 heavy (non-hydrogen) atoms. The molecule has 0 spiro atoms. The highest BCUT2D eigenvalue weighted by atomic mass is 16.5. The summed E-state index contributed by atoms with van der Waals surface area (Å²) in [5, 5.41) is 0. The normalized spacial score (nSPS) is 19.7. The first-order chi connectivity index (χ1) is 8.81. The Balaban J connectivity index is 1.96. The minimum atomic E-state index is 0.0415. The van der Waals surface area contributed by atoms with Gasteiger partial charge in [0.25, 0.3) is 5.91 Å². The van der Waals surface area contributed by atoms with Crippen LogP contribution in [-0.4, -0.2) is 36.6 Å². The number of rotatable bonds is 5. The van der Waals surface area contributed by atoms with Gasteiger partial charge in [0, 0.05) is 19.7 Å². The molecule has 2 heterocycles. The lowest BCUT2D eigenvalue weighted by atomic mass is 10.1. The first-order valence-electron chi connectivity index (χ1n) is 6.74. The summed E-state index contributed by atoms with van der Waals surface area (Å²) < 4.78 is 10.7. The van der Waals surface area contributed by atoms with Crippen molar-refractivity contribution in [1.29, 1.82) is 0 Å². The van der Waals surface area contributed by atoms with Crippen molar-refractivity contribution in [3.8, 4) is 0 Å². The van der Waals surface area contributed by atoms with Gasteiger partial charge in [-0.1, -0.05) is 6.92 Å². The Morgan fingerprint density at radius 2 is 2.39 bits per heavy atom. The van der Waals surface area contributed by atoms with Crippen molar-refractivity contribution in [2.75, 3.05) is 19.7 Å². The second-order valence-corrected chi connectivity index (χ2v) is 4.75. The third-order valence-electron chi connectivity index (χ3n) is 3.25. The topological polar surface area (TPSA) is 42.7 Å². The fraction of sp³-hybridized carbons (Fsp3) is 0.643. The Kier molecular flexibility index (Phi) is 4.81. The van der Waals surface area contributed by atoms with Gasteiger partial charge in [0.05, 0.1) is 17.9 Å². The molecule has 1 aliphatic rings. The molecule has 1 aromatic rings. The minimum Gasteiger partial charge on any atom is -0.472 e. The quantitative estimate of drug-likeness (QED) is 0.808. The Morgan fingerprint density at radius 3 is 3.00 bits per heavy atom. The van der Waals surface area contributed by atoms with Crippen LogP contribution in [0.1, 0.15) is 43.0 Å². The number of nitrogens with zero attached hydrogens (tertiary/aromatic N) is 1. The second kappa shape index (κ2) is 6.59. The van der Waals surface area contributed by atoms with E-state index in [-0.39, 0.29) is 12.0 Å². The summed E-state index contributed by atoms with van der Waals surface area (Å²) in [4.78, 5) is 14.2. The first-order valence-corrected chi connectivity index (χ1v) is 6.74. The summed E-state index contributed by atoms with van der Waals surface area (Å²) in [5.74, 6) is 0.0415. The molecule has 0 radical (unpaired) electrons. The van der Waals surface area contributed by atoms with E-state index in [1.165, 1.54) is 18.9 Å². The average Bonchev–Trinajstić information content (AvgIpc) is 2.92. The Hall–Kier alpha value is -1.29. The largest absolute Gasteiger partial charge is 0.472 e. The first kappa shape index (κ1) is 13.1. The third kappa shape index (κ3) is 3.35. The van der Waals surface area contributed by atoms with Crippen LogP contribution >= 0.6 is 0 Å². The van der Waals surface area contributed by atoms with Crippen LogP contribution in [-0.2, 0) is 4.74 Å². The Labute approximate surface area is 108 Å². The van der Waals surface area contributed by atoms with Gasteiger partial charge in [-0.2, -0.15) is 0 Å². The van der Waals surface area contributed by atoms with E-state index in [1.807, 2.05) is 4.90 Å². The molecular weight excluding hydrogens is 230 g/mol. The van der Waals surface area contributed by atoms with Crippen molar-refractivity contribution in [2.45, 2.75) is 38.7 Å². The molecule has 1 fully saturated rings. The van der Waals surface area contributed by atoms with Gasteiger partial charge in [0.1, 0.15) is 6.26 Å². The van der Waals surface area contributed by atoms with E-state index in [1.54, 1.807) is 6.07 Å².